The topological polar surface area (TPSA) is 237 Å². The molecule has 0 bridgehead atoms. The van der Waals surface area contributed by atoms with Gasteiger partial charge in [-0.1, -0.05) is 19.1 Å². The summed E-state index contributed by atoms with van der Waals surface area (Å²) in [6.07, 6.45) is -7.45. The average molecular weight is 828 g/mol. The number of benzene rings is 2. The summed E-state index contributed by atoms with van der Waals surface area (Å²) in [5, 5.41) is 57.8. The van der Waals surface area contributed by atoms with E-state index in [1.807, 2.05) is 19.0 Å². The number of ether oxygens (including phenoxy) is 7. The van der Waals surface area contributed by atoms with Crippen molar-refractivity contribution in [1.82, 2.24) is 4.90 Å². The predicted molar refractivity (Wildman–Crippen MR) is 203 cm³/mol. The fourth-order valence-electron chi connectivity index (χ4n) is 9.36. The van der Waals surface area contributed by atoms with Crippen LogP contribution in [0.25, 0.3) is 0 Å². The Morgan fingerprint density at radius 1 is 0.847 bits per heavy atom. The Morgan fingerprint density at radius 2 is 1.47 bits per heavy atom. The molecule has 3 aliphatic heterocycles. The van der Waals surface area contributed by atoms with Crippen LogP contribution in [0, 0.1) is 0 Å². The van der Waals surface area contributed by atoms with Gasteiger partial charge in [-0.05, 0) is 47.4 Å². The highest BCUT2D eigenvalue weighted by Gasteiger charge is 2.55. The third-order valence-electron chi connectivity index (χ3n) is 12.5. The third-order valence-corrected chi connectivity index (χ3v) is 12.5. The minimum Gasteiger partial charge on any atom is -0.507 e. The first kappa shape index (κ1) is 43.1. The lowest BCUT2D eigenvalue weighted by Gasteiger charge is -2.48. The van der Waals surface area contributed by atoms with Crippen LogP contribution in [-0.4, -0.2) is 142 Å². The lowest BCUT2D eigenvalue weighted by atomic mass is 9.66. The zero-order valence-electron chi connectivity index (χ0n) is 34.1. The van der Waals surface area contributed by atoms with Crippen LogP contribution >= 0.6 is 0 Å². The summed E-state index contributed by atoms with van der Waals surface area (Å²) in [6.45, 7) is 6.82. The fraction of sp³-hybridized carbons (Fsp3) is 0.619. The first-order valence-corrected chi connectivity index (χ1v) is 20.0. The van der Waals surface area contributed by atoms with Crippen LogP contribution in [0.3, 0.4) is 0 Å². The predicted octanol–water partition coefficient (Wildman–Crippen LogP) is 2.86. The molecule has 17 nitrogen and oxygen atoms in total. The van der Waals surface area contributed by atoms with E-state index in [1.54, 1.807) is 27.7 Å². The van der Waals surface area contributed by atoms with Crippen LogP contribution in [0.5, 0.6) is 17.2 Å². The van der Waals surface area contributed by atoms with Gasteiger partial charge in [0.25, 0.3) is 0 Å². The van der Waals surface area contributed by atoms with Crippen molar-refractivity contribution in [1.29, 1.82) is 0 Å². The Balaban J connectivity index is 1.16. The highest BCUT2D eigenvalue weighted by Crippen LogP contribution is 2.57. The van der Waals surface area contributed by atoms with E-state index in [0.717, 1.165) is 7.11 Å². The van der Waals surface area contributed by atoms with Crippen molar-refractivity contribution in [3.8, 4) is 17.2 Å². The zero-order valence-corrected chi connectivity index (χ0v) is 34.1. The van der Waals surface area contributed by atoms with Gasteiger partial charge >= 0.3 is 5.97 Å². The third kappa shape index (κ3) is 7.54. The molecule has 3 saturated heterocycles. The van der Waals surface area contributed by atoms with E-state index in [4.69, 9.17) is 33.2 Å². The lowest BCUT2D eigenvalue weighted by molar-refractivity contribution is -0.324. The molecule has 5 aliphatic rings. The number of methoxy groups -OCH3 is 1. The molecular weight excluding hydrogens is 774 g/mol. The van der Waals surface area contributed by atoms with Crippen LogP contribution in [0.15, 0.2) is 18.2 Å². The molecule has 3 fully saturated rings. The zero-order chi connectivity index (χ0) is 42.8. The van der Waals surface area contributed by atoms with Gasteiger partial charge in [0.05, 0.1) is 53.8 Å². The van der Waals surface area contributed by atoms with Gasteiger partial charge in [-0.3, -0.25) is 19.2 Å². The number of phenols is 3. The molecule has 0 saturated carbocycles. The molecule has 0 spiro atoms. The molecule has 2 aromatic rings. The molecule has 2 aromatic carbocycles. The van der Waals surface area contributed by atoms with Crippen LogP contribution in [0.1, 0.15) is 121 Å². The first-order chi connectivity index (χ1) is 27.9. The number of aromatic hydroxyl groups is 3. The number of carbonyl (C=O) groups is 4. The average Bonchev–Trinajstić information content (AvgIpc) is 3.18. The number of esters is 1. The monoisotopic (exact) mass is 827 g/mol. The van der Waals surface area contributed by atoms with Crippen LogP contribution < -0.4 is 0 Å². The van der Waals surface area contributed by atoms with Gasteiger partial charge < -0.3 is 63.6 Å². The Labute approximate surface area is 341 Å². The molecule has 322 valence electrons. The van der Waals surface area contributed by atoms with Gasteiger partial charge in [0.2, 0.25) is 5.78 Å². The molecule has 13 atom stereocenters. The molecular formula is C42H53NO16. The summed E-state index contributed by atoms with van der Waals surface area (Å²) in [4.78, 5) is 55.1. The highest BCUT2D eigenvalue weighted by molar-refractivity contribution is 6.31. The minimum absolute atomic E-state index is 0.00418. The Morgan fingerprint density at radius 3 is 2.10 bits per heavy atom. The number of fused-ring (bicyclic) bond motifs is 3. The number of ketones is 3. The molecule has 0 unspecified atom stereocenters. The van der Waals surface area contributed by atoms with Crippen LogP contribution in [0.2, 0.25) is 0 Å². The Hall–Kier alpha value is -4.04. The Kier molecular flexibility index (Phi) is 12.0. The van der Waals surface area contributed by atoms with Crippen molar-refractivity contribution in [2.45, 2.75) is 145 Å². The standard InChI is InChI=1S/C42H53NO16/c1-8-42(52)16-25(30-31(34(42)41(51)53-7)38(50)32-33(37(30)49)36(48)29-20(35(32)47)10-9-11-23(29)45)57-27-14-21(43(5)6)39(18(3)55-27)59-28-15-24(46)40(19(4)56-28)58-26-13-12-22(44)17(2)54-26/h9-11,17-19,21,24-28,34,39-40,45-46,49-50,52H,8,12-16H2,1-7H3/t17-,18+,19+,21+,24+,25-,26-,27+,28-,34-,39-,40-,42+/m0/s1. The molecule has 5 N–H and O–H groups in total. The van der Waals surface area contributed by atoms with Crippen molar-refractivity contribution >= 4 is 23.3 Å². The van der Waals surface area contributed by atoms with Crippen molar-refractivity contribution in [3.63, 3.8) is 0 Å². The summed E-state index contributed by atoms with van der Waals surface area (Å²) >= 11 is 0. The minimum atomic E-state index is -1.93. The molecule has 3 heterocycles. The number of carbonyl (C=O) groups excluding carboxylic acids is 4. The molecule has 17 heteroatoms. The second-order valence-electron chi connectivity index (χ2n) is 16.4. The van der Waals surface area contributed by atoms with Crippen LogP contribution in [0.4, 0.5) is 0 Å². The summed E-state index contributed by atoms with van der Waals surface area (Å²) in [7, 11) is 4.78. The highest BCUT2D eigenvalue weighted by atomic mass is 16.7. The molecule has 0 aromatic heterocycles. The van der Waals surface area contributed by atoms with Crippen molar-refractivity contribution in [2.24, 2.45) is 0 Å². The van der Waals surface area contributed by atoms with E-state index in [9.17, 15) is 44.7 Å². The molecule has 7 rings (SSSR count). The van der Waals surface area contributed by atoms with E-state index in [0.29, 0.717) is 12.8 Å². The molecule has 2 aliphatic carbocycles. The molecule has 59 heavy (non-hydrogen) atoms. The number of Topliss-reactive ketones (excluding diaryl/α,β-unsaturated/α-hetero) is 1. The maximum absolute atomic E-state index is 14.0. The summed E-state index contributed by atoms with van der Waals surface area (Å²) in [5.41, 5.74) is -4.19. The lowest BCUT2D eigenvalue weighted by Crippen LogP contribution is -2.58. The maximum Gasteiger partial charge on any atom is 0.316 e. The first-order valence-electron chi connectivity index (χ1n) is 20.0. The van der Waals surface area contributed by atoms with Crippen molar-refractivity contribution < 1.29 is 77.9 Å². The summed E-state index contributed by atoms with van der Waals surface area (Å²) in [6, 6.07) is 3.49. The molecule has 0 radical (unpaired) electrons. The number of aliphatic hydroxyl groups is 2. The van der Waals surface area contributed by atoms with Crippen molar-refractivity contribution in [3.05, 3.63) is 51.6 Å². The number of hydrogen-bond donors (Lipinski definition) is 5. The SMILES string of the molecule is CC[C@@]1(O)C[C@H](O[C@@H]2C[C@@H](N(C)C)[C@@H](O[C@H]3C[C@@H](O)[C@@H](O[C@H]4CCC(=O)[C@H](C)O4)[C@@H](C)O3)[C@@H](C)O2)c2c(O)c3c(c(O)c2[C@H]1C(=O)OC)C(=O)c1cccc(O)c1C3=O. The van der Waals surface area contributed by atoms with E-state index in [1.165, 1.54) is 18.2 Å². The number of hydrogen-bond acceptors (Lipinski definition) is 17. The van der Waals surface area contributed by atoms with Crippen LogP contribution in [-0.2, 0) is 42.7 Å². The largest absolute Gasteiger partial charge is 0.507 e. The van der Waals surface area contributed by atoms with Gasteiger partial charge in [-0.15, -0.1) is 0 Å². The van der Waals surface area contributed by atoms with Gasteiger partial charge in [0.1, 0.15) is 41.5 Å². The normalized spacial score (nSPS) is 35.9. The second-order valence-corrected chi connectivity index (χ2v) is 16.4. The number of aliphatic hydroxyl groups excluding tert-OH is 1. The summed E-state index contributed by atoms with van der Waals surface area (Å²) < 4.78 is 42.4. The van der Waals surface area contributed by atoms with E-state index in [-0.39, 0.29) is 59.8 Å². The van der Waals surface area contributed by atoms with E-state index < -0.39 is 119 Å². The number of phenolic OH excluding ortho intramolecular Hbond substituents is 3. The Bertz CT molecular complexity index is 1990. The van der Waals surface area contributed by atoms with Gasteiger partial charge in [0, 0.05) is 54.8 Å². The summed E-state index contributed by atoms with van der Waals surface area (Å²) in [5.74, 6) is -6.43. The van der Waals surface area contributed by atoms with Gasteiger partial charge in [0.15, 0.2) is 30.4 Å². The fourth-order valence-corrected chi connectivity index (χ4v) is 9.36. The van der Waals surface area contributed by atoms with Crippen molar-refractivity contribution in [2.75, 3.05) is 21.2 Å². The van der Waals surface area contributed by atoms with Gasteiger partial charge in [-0.2, -0.15) is 0 Å². The number of nitrogens with zero attached hydrogens (tertiary/aromatic N) is 1. The quantitative estimate of drug-likeness (QED) is 0.154. The second kappa shape index (κ2) is 16.4. The number of likely N-dealkylation sites (N-methyl/N-ethyl adjacent to an activating group) is 1. The number of rotatable bonds is 9. The maximum atomic E-state index is 14.0. The molecule has 0 amide bonds. The smallest absolute Gasteiger partial charge is 0.316 e. The van der Waals surface area contributed by atoms with E-state index >= 15 is 0 Å². The van der Waals surface area contributed by atoms with E-state index in [2.05, 4.69) is 0 Å². The van der Waals surface area contributed by atoms with Gasteiger partial charge in [-0.25, -0.2) is 0 Å².